The van der Waals surface area contributed by atoms with E-state index in [1.807, 2.05) is 0 Å². The average molecular weight is 561 g/mol. The molecule has 5 rings (SSSR count). The highest BCUT2D eigenvalue weighted by molar-refractivity contribution is 7.14. The number of aromatic nitrogens is 3. The van der Waals surface area contributed by atoms with Gasteiger partial charge in [-0.25, -0.2) is 13.6 Å². The summed E-state index contributed by atoms with van der Waals surface area (Å²) < 4.78 is 33.9. The molecule has 0 bridgehead atoms. The molecule has 1 spiro atoms. The second kappa shape index (κ2) is 9.91. The number of pyridine rings is 1. The average Bonchev–Trinajstić information content (AvgIpc) is 3.38. The third kappa shape index (κ3) is 4.37. The third-order valence-corrected chi connectivity index (χ3v) is 8.32. The molecule has 0 radical (unpaired) electrons. The quantitative estimate of drug-likeness (QED) is 0.517. The molecule has 0 aliphatic carbocycles. The van der Waals surface area contributed by atoms with Crippen molar-refractivity contribution < 1.29 is 28.2 Å². The molecule has 0 unspecified atom stereocenters. The molecule has 1 aromatic carbocycles. The zero-order chi connectivity index (χ0) is 28.1. The van der Waals surface area contributed by atoms with Crippen LogP contribution < -0.4 is 10.4 Å². The molecule has 1 fully saturated rings. The number of likely N-dealkylation sites (tertiary alicyclic amines) is 1. The number of aromatic hydroxyl groups is 1. The van der Waals surface area contributed by atoms with Gasteiger partial charge in [-0.3, -0.25) is 19.3 Å². The van der Waals surface area contributed by atoms with Gasteiger partial charge in [0.05, 0.1) is 12.2 Å². The second-order valence-corrected chi connectivity index (χ2v) is 10.4. The highest BCUT2D eigenvalue weighted by atomic mass is 32.1. The first-order chi connectivity index (χ1) is 18.6. The molecular weight excluding hydrogens is 534 g/mol. The summed E-state index contributed by atoms with van der Waals surface area (Å²) >= 11 is 1.03. The predicted octanol–water partition coefficient (Wildman–Crippen LogP) is 2.54. The van der Waals surface area contributed by atoms with Crippen LogP contribution in [0.1, 0.15) is 40.8 Å². The molecule has 2 aliphatic rings. The van der Waals surface area contributed by atoms with Gasteiger partial charge in [-0.1, -0.05) is 17.4 Å². The van der Waals surface area contributed by atoms with Crippen molar-refractivity contribution in [3.63, 3.8) is 0 Å². The zero-order valence-corrected chi connectivity index (χ0v) is 22.3. The standard InChI is InChI=1S/C25H26F2N6O5S/c1-4-38-24(37)32-9-7-25(8-10-32)30(2)23(36)19-21(35)20(34)16(13-33(19)31(25)3)22-29-28-18(39-22)11-14-5-6-15(26)12-17(14)27/h5-6,12-13,35H,4,7-11H2,1-3H3. The summed E-state index contributed by atoms with van der Waals surface area (Å²) in [6.45, 7) is 2.67. The van der Waals surface area contributed by atoms with E-state index in [1.165, 1.54) is 21.8 Å². The van der Waals surface area contributed by atoms with Crippen LogP contribution in [-0.2, 0) is 11.2 Å². The Kier molecular flexibility index (Phi) is 6.74. The van der Waals surface area contributed by atoms with E-state index in [0.717, 1.165) is 23.5 Å². The lowest BCUT2D eigenvalue weighted by Crippen LogP contribution is -2.71. The Bertz CT molecular complexity index is 1520. The van der Waals surface area contributed by atoms with Crippen molar-refractivity contribution in [1.29, 1.82) is 0 Å². The number of halogens is 2. The molecule has 206 valence electrons. The van der Waals surface area contributed by atoms with E-state index in [4.69, 9.17) is 4.74 Å². The van der Waals surface area contributed by atoms with E-state index in [2.05, 4.69) is 10.2 Å². The number of carbonyl (C=O) groups excluding carboxylic acids is 2. The minimum atomic E-state index is -0.835. The summed E-state index contributed by atoms with van der Waals surface area (Å²) in [5.74, 6) is -2.68. The SMILES string of the molecule is CCOC(=O)N1CCC2(CC1)N(C)C(=O)c1c(O)c(=O)c(-c3nnc(Cc4ccc(F)cc4F)s3)cn1N2C. The summed E-state index contributed by atoms with van der Waals surface area (Å²) in [4.78, 5) is 41.8. The lowest BCUT2D eigenvalue weighted by atomic mass is 9.93. The first-order valence-corrected chi connectivity index (χ1v) is 13.1. The summed E-state index contributed by atoms with van der Waals surface area (Å²) in [7, 11) is 3.34. The smallest absolute Gasteiger partial charge is 0.409 e. The fraction of sp³-hybridized carbons (Fsp3) is 0.400. The molecule has 2 aliphatic heterocycles. The van der Waals surface area contributed by atoms with Crippen LogP contribution in [0, 0.1) is 11.6 Å². The highest BCUT2D eigenvalue weighted by Crippen LogP contribution is 2.37. The van der Waals surface area contributed by atoms with Gasteiger partial charge in [0.15, 0.2) is 16.5 Å². The maximum atomic E-state index is 14.1. The third-order valence-electron chi connectivity index (χ3n) is 7.37. The predicted molar refractivity (Wildman–Crippen MR) is 137 cm³/mol. The molecule has 14 heteroatoms. The van der Waals surface area contributed by atoms with E-state index in [-0.39, 0.29) is 34.9 Å². The lowest BCUT2D eigenvalue weighted by molar-refractivity contribution is 0.00800. The number of hydrogen-bond acceptors (Lipinski definition) is 9. The number of piperidine rings is 1. The van der Waals surface area contributed by atoms with Crippen LogP contribution in [0.5, 0.6) is 5.75 Å². The Balaban J connectivity index is 1.49. The van der Waals surface area contributed by atoms with Crippen LogP contribution in [0.25, 0.3) is 10.6 Å². The van der Waals surface area contributed by atoms with Crippen molar-refractivity contribution in [3.05, 3.63) is 62.5 Å². The first-order valence-electron chi connectivity index (χ1n) is 12.3. The number of amides is 2. The minimum Gasteiger partial charge on any atom is -0.502 e. The van der Waals surface area contributed by atoms with Gasteiger partial charge in [-0.05, 0) is 18.6 Å². The summed E-state index contributed by atoms with van der Waals surface area (Å²) in [6, 6.07) is 3.24. The van der Waals surface area contributed by atoms with Crippen LogP contribution in [0.15, 0.2) is 29.2 Å². The zero-order valence-electron chi connectivity index (χ0n) is 21.5. The van der Waals surface area contributed by atoms with Crippen LogP contribution in [0.3, 0.4) is 0 Å². The van der Waals surface area contributed by atoms with Crippen molar-refractivity contribution >= 4 is 23.3 Å². The van der Waals surface area contributed by atoms with Gasteiger partial charge in [0.25, 0.3) is 5.91 Å². The topological polar surface area (TPSA) is 121 Å². The van der Waals surface area contributed by atoms with Crippen molar-refractivity contribution in [3.8, 4) is 16.3 Å². The Morgan fingerprint density at radius 1 is 1.18 bits per heavy atom. The monoisotopic (exact) mass is 560 g/mol. The number of benzene rings is 1. The molecule has 1 N–H and O–H groups in total. The molecular formula is C25H26F2N6O5S. The van der Waals surface area contributed by atoms with E-state index in [0.29, 0.717) is 30.9 Å². The fourth-order valence-electron chi connectivity index (χ4n) is 5.13. The molecule has 3 aromatic rings. The van der Waals surface area contributed by atoms with Crippen molar-refractivity contribution in [2.24, 2.45) is 0 Å². The highest BCUT2D eigenvalue weighted by Gasteiger charge is 2.50. The molecule has 11 nitrogen and oxygen atoms in total. The van der Waals surface area contributed by atoms with Crippen molar-refractivity contribution in [2.45, 2.75) is 31.8 Å². The number of carbonyl (C=O) groups is 2. The van der Waals surface area contributed by atoms with Gasteiger partial charge >= 0.3 is 6.09 Å². The van der Waals surface area contributed by atoms with Crippen LogP contribution in [-0.4, -0.2) is 81.2 Å². The lowest BCUT2D eigenvalue weighted by Gasteiger charge is -2.55. The maximum Gasteiger partial charge on any atom is 0.409 e. The Morgan fingerprint density at radius 3 is 2.56 bits per heavy atom. The molecule has 1 saturated heterocycles. The Morgan fingerprint density at radius 2 is 1.90 bits per heavy atom. The fourth-order valence-corrected chi connectivity index (χ4v) is 6.00. The second-order valence-electron chi connectivity index (χ2n) is 9.38. The summed E-state index contributed by atoms with van der Waals surface area (Å²) in [5, 5.41) is 21.3. The van der Waals surface area contributed by atoms with Crippen LogP contribution in [0.4, 0.5) is 13.6 Å². The van der Waals surface area contributed by atoms with Crippen molar-refractivity contribution in [1.82, 2.24) is 24.7 Å². The van der Waals surface area contributed by atoms with E-state index < -0.39 is 40.5 Å². The summed E-state index contributed by atoms with van der Waals surface area (Å²) in [6.07, 6.45) is 1.85. The summed E-state index contributed by atoms with van der Waals surface area (Å²) in [5.41, 5.74) is -1.58. The number of fused-ring (bicyclic) bond motifs is 1. The van der Waals surface area contributed by atoms with Gasteiger partial charge in [-0.2, -0.15) is 0 Å². The molecule has 4 heterocycles. The normalized spacial score (nSPS) is 16.5. The first kappa shape index (κ1) is 26.5. The van der Waals surface area contributed by atoms with Crippen LogP contribution in [0.2, 0.25) is 0 Å². The van der Waals surface area contributed by atoms with E-state index >= 15 is 0 Å². The van der Waals surface area contributed by atoms with Gasteiger partial charge in [0, 0.05) is 58.7 Å². The van der Waals surface area contributed by atoms with E-state index in [9.17, 15) is 28.3 Å². The van der Waals surface area contributed by atoms with Gasteiger partial charge in [0.1, 0.15) is 22.3 Å². The largest absolute Gasteiger partial charge is 0.502 e. The number of hydrogen-bond donors (Lipinski definition) is 1. The molecule has 0 saturated carbocycles. The van der Waals surface area contributed by atoms with Crippen LogP contribution >= 0.6 is 11.3 Å². The van der Waals surface area contributed by atoms with Crippen molar-refractivity contribution in [2.75, 3.05) is 38.8 Å². The molecule has 39 heavy (non-hydrogen) atoms. The molecule has 0 atom stereocenters. The number of rotatable bonds is 4. The van der Waals surface area contributed by atoms with E-state index in [1.54, 1.807) is 30.9 Å². The van der Waals surface area contributed by atoms with Gasteiger partial charge in [0.2, 0.25) is 5.43 Å². The maximum absolute atomic E-state index is 14.1. The number of ether oxygens (including phenoxy) is 1. The van der Waals surface area contributed by atoms with Gasteiger partial charge in [-0.15, -0.1) is 10.2 Å². The molecule has 2 amide bonds. The Labute approximate surface area is 225 Å². The molecule has 2 aromatic heterocycles. The van der Waals surface area contributed by atoms with Gasteiger partial charge < -0.3 is 19.6 Å². The minimum absolute atomic E-state index is 0.0166. The number of nitrogens with zero attached hydrogens (tertiary/aromatic N) is 6. The Hall–Kier alpha value is -4.07.